The van der Waals surface area contributed by atoms with Crippen LogP contribution in [0.2, 0.25) is 0 Å². The average molecular weight is 348 g/mol. The Hall–Kier alpha value is -2.61. The SMILES string of the molecule is CCN(CC(=O)O)C(=O)Cc1csc(-c2ccc3c(c2)OCO3)n1. The number of carboxylic acid groups (broad SMARTS) is 1. The van der Waals surface area contributed by atoms with Gasteiger partial charge in [-0.05, 0) is 25.1 Å². The van der Waals surface area contributed by atoms with Crippen LogP contribution in [0.5, 0.6) is 11.5 Å². The molecule has 0 aliphatic carbocycles. The fraction of sp³-hybridized carbons (Fsp3) is 0.312. The molecule has 8 heteroatoms. The fourth-order valence-electron chi connectivity index (χ4n) is 2.36. The maximum absolute atomic E-state index is 12.2. The van der Waals surface area contributed by atoms with Crippen molar-refractivity contribution < 1.29 is 24.2 Å². The van der Waals surface area contributed by atoms with Crippen LogP contribution in [0.4, 0.5) is 0 Å². The summed E-state index contributed by atoms with van der Waals surface area (Å²) >= 11 is 1.43. The van der Waals surface area contributed by atoms with Gasteiger partial charge in [0.25, 0.3) is 0 Å². The maximum Gasteiger partial charge on any atom is 0.323 e. The van der Waals surface area contributed by atoms with E-state index in [1.165, 1.54) is 16.2 Å². The van der Waals surface area contributed by atoms with Crippen LogP contribution in [0.1, 0.15) is 12.6 Å². The number of fused-ring (bicyclic) bond motifs is 1. The standard InChI is InChI=1S/C16H16N2O5S/c1-2-18(7-15(20)21)14(19)6-11-8-24-16(17-11)10-3-4-12-13(5-10)23-9-22-12/h3-5,8H,2,6-7,9H2,1H3,(H,20,21). The van der Waals surface area contributed by atoms with Crippen molar-refractivity contribution in [3.63, 3.8) is 0 Å². The minimum Gasteiger partial charge on any atom is -0.480 e. The number of likely N-dealkylation sites (N-methyl/N-ethyl adjacent to an activating group) is 1. The number of rotatable bonds is 6. The summed E-state index contributed by atoms with van der Waals surface area (Å²) in [4.78, 5) is 28.7. The van der Waals surface area contributed by atoms with E-state index in [4.69, 9.17) is 14.6 Å². The van der Waals surface area contributed by atoms with Gasteiger partial charge in [-0.2, -0.15) is 0 Å². The zero-order chi connectivity index (χ0) is 17.1. The van der Waals surface area contributed by atoms with Crippen molar-refractivity contribution in [2.75, 3.05) is 19.9 Å². The fourth-order valence-corrected chi connectivity index (χ4v) is 3.17. The molecule has 1 aromatic heterocycles. The number of ether oxygens (including phenoxy) is 2. The Balaban J connectivity index is 1.71. The largest absolute Gasteiger partial charge is 0.480 e. The summed E-state index contributed by atoms with van der Waals surface area (Å²) in [6.45, 7) is 2.02. The number of aromatic nitrogens is 1. The normalized spacial score (nSPS) is 12.2. The van der Waals surface area contributed by atoms with Gasteiger partial charge in [0, 0.05) is 17.5 Å². The van der Waals surface area contributed by atoms with Crippen molar-refractivity contribution in [1.82, 2.24) is 9.88 Å². The van der Waals surface area contributed by atoms with E-state index in [0.717, 1.165) is 10.6 Å². The molecule has 0 bridgehead atoms. The molecule has 0 spiro atoms. The molecule has 2 aromatic rings. The number of benzene rings is 1. The Labute approximate surface area is 142 Å². The van der Waals surface area contributed by atoms with E-state index in [1.54, 1.807) is 6.92 Å². The summed E-state index contributed by atoms with van der Waals surface area (Å²) in [6.07, 6.45) is 0.0855. The van der Waals surface area contributed by atoms with Crippen molar-refractivity contribution in [1.29, 1.82) is 0 Å². The smallest absolute Gasteiger partial charge is 0.323 e. The zero-order valence-electron chi connectivity index (χ0n) is 13.0. The van der Waals surface area contributed by atoms with Gasteiger partial charge in [0.05, 0.1) is 12.1 Å². The van der Waals surface area contributed by atoms with E-state index in [0.29, 0.717) is 23.7 Å². The molecule has 0 saturated heterocycles. The van der Waals surface area contributed by atoms with Crippen molar-refractivity contribution in [2.24, 2.45) is 0 Å². The summed E-state index contributed by atoms with van der Waals surface area (Å²) in [5.74, 6) is 0.115. The first-order valence-electron chi connectivity index (χ1n) is 7.41. The Morgan fingerprint density at radius 1 is 1.33 bits per heavy atom. The second-order valence-electron chi connectivity index (χ2n) is 5.19. The van der Waals surface area contributed by atoms with Crippen LogP contribution < -0.4 is 9.47 Å². The third-order valence-electron chi connectivity index (χ3n) is 3.56. The molecule has 2 heterocycles. The quantitative estimate of drug-likeness (QED) is 0.859. The zero-order valence-corrected chi connectivity index (χ0v) is 13.8. The third kappa shape index (κ3) is 3.48. The highest BCUT2D eigenvalue weighted by Gasteiger charge is 2.18. The van der Waals surface area contributed by atoms with Crippen LogP contribution >= 0.6 is 11.3 Å². The molecule has 0 fully saturated rings. The van der Waals surface area contributed by atoms with Crippen LogP contribution in [0, 0.1) is 0 Å². The van der Waals surface area contributed by atoms with Crippen LogP contribution in [0.25, 0.3) is 10.6 Å². The number of carbonyl (C=O) groups is 2. The van der Waals surface area contributed by atoms with Gasteiger partial charge in [-0.25, -0.2) is 4.98 Å². The van der Waals surface area contributed by atoms with Gasteiger partial charge < -0.3 is 19.5 Å². The second-order valence-corrected chi connectivity index (χ2v) is 6.05. The highest BCUT2D eigenvalue weighted by molar-refractivity contribution is 7.13. The summed E-state index contributed by atoms with van der Waals surface area (Å²) in [6, 6.07) is 5.58. The molecular weight excluding hydrogens is 332 g/mol. The lowest BCUT2D eigenvalue weighted by Gasteiger charge is -2.17. The number of hydrogen-bond acceptors (Lipinski definition) is 6. The van der Waals surface area contributed by atoms with Gasteiger partial charge >= 0.3 is 5.97 Å². The highest BCUT2D eigenvalue weighted by atomic mass is 32.1. The van der Waals surface area contributed by atoms with Gasteiger partial charge in [0.2, 0.25) is 12.7 Å². The van der Waals surface area contributed by atoms with Gasteiger partial charge in [-0.1, -0.05) is 0 Å². The first-order valence-corrected chi connectivity index (χ1v) is 8.28. The van der Waals surface area contributed by atoms with Crippen molar-refractivity contribution >= 4 is 23.2 Å². The number of nitrogens with zero attached hydrogens (tertiary/aromatic N) is 2. The van der Waals surface area contributed by atoms with Gasteiger partial charge in [0.15, 0.2) is 11.5 Å². The molecule has 1 N–H and O–H groups in total. The lowest BCUT2D eigenvalue weighted by molar-refractivity contribution is -0.144. The van der Waals surface area contributed by atoms with Crippen molar-refractivity contribution in [2.45, 2.75) is 13.3 Å². The van der Waals surface area contributed by atoms with E-state index in [2.05, 4.69) is 4.98 Å². The van der Waals surface area contributed by atoms with E-state index < -0.39 is 5.97 Å². The van der Waals surface area contributed by atoms with E-state index >= 15 is 0 Å². The molecular formula is C16H16N2O5S. The van der Waals surface area contributed by atoms with Crippen molar-refractivity contribution in [3.05, 3.63) is 29.3 Å². The Morgan fingerprint density at radius 3 is 2.88 bits per heavy atom. The lowest BCUT2D eigenvalue weighted by Crippen LogP contribution is -2.36. The van der Waals surface area contributed by atoms with E-state index in [-0.39, 0.29) is 25.7 Å². The first kappa shape index (κ1) is 16.3. The van der Waals surface area contributed by atoms with Crippen LogP contribution in [0.15, 0.2) is 23.6 Å². The molecule has 3 rings (SSSR count). The average Bonchev–Trinajstić information content (AvgIpc) is 3.20. The molecule has 0 saturated carbocycles. The van der Waals surface area contributed by atoms with Gasteiger partial charge in [-0.3, -0.25) is 9.59 Å². The summed E-state index contributed by atoms with van der Waals surface area (Å²) in [7, 11) is 0. The summed E-state index contributed by atoms with van der Waals surface area (Å²) in [5.41, 5.74) is 1.52. The molecule has 1 aromatic carbocycles. The predicted molar refractivity (Wildman–Crippen MR) is 87.3 cm³/mol. The second kappa shape index (κ2) is 6.88. The van der Waals surface area contributed by atoms with E-state index in [1.807, 2.05) is 23.6 Å². The van der Waals surface area contributed by atoms with Gasteiger partial charge in [-0.15, -0.1) is 11.3 Å². The number of amides is 1. The predicted octanol–water partition coefficient (Wildman–Crippen LogP) is 2.01. The number of carboxylic acids is 1. The molecule has 0 radical (unpaired) electrons. The van der Waals surface area contributed by atoms with E-state index in [9.17, 15) is 9.59 Å². The Morgan fingerprint density at radius 2 is 2.12 bits per heavy atom. The summed E-state index contributed by atoms with van der Waals surface area (Å²) in [5, 5.41) is 11.4. The molecule has 0 unspecified atom stereocenters. The van der Waals surface area contributed by atoms with Crippen LogP contribution in [-0.4, -0.2) is 46.7 Å². The molecule has 7 nitrogen and oxygen atoms in total. The molecule has 1 amide bonds. The molecule has 24 heavy (non-hydrogen) atoms. The summed E-state index contributed by atoms with van der Waals surface area (Å²) < 4.78 is 10.6. The van der Waals surface area contributed by atoms with Crippen LogP contribution in [-0.2, 0) is 16.0 Å². The third-order valence-corrected chi connectivity index (χ3v) is 4.50. The topological polar surface area (TPSA) is 89.0 Å². The number of carbonyl (C=O) groups excluding carboxylic acids is 1. The number of aliphatic carboxylic acids is 1. The first-order chi connectivity index (χ1) is 11.6. The molecule has 126 valence electrons. The number of hydrogen-bond donors (Lipinski definition) is 1. The molecule has 0 atom stereocenters. The highest BCUT2D eigenvalue weighted by Crippen LogP contribution is 2.36. The monoisotopic (exact) mass is 348 g/mol. The Bertz CT molecular complexity index is 774. The van der Waals surface area contributed by atoms with Crippen LogP contribution in [0.3, 0.4) is 0 Å². The maximum atomic E-state index is 12.2. The van der Waals surface area contributed by atoms with Crippen molar-refractivity contribution in [3.8, 4) is 22.1 Å². The minimum absolute atomic E-state index is 0.0855. The molecule has 1 aliphatic rings. The Kier molecular flexibility index (Phi) is 4.66. The molecule has 1 aliphatic heterocycles. The lowest BCUT2D eigenvalue weighted by atomic mass is 10.2. The minimum atomic E-state index is -1.02. The van der Waals surface area contributed by atoms with Gasteiger partial charge in [0.1, 0.15) is 11.6 Å². The number of thiazole rings is 1.